The molecule has 15 heavy (non-hydrogen) atoms. The molecule has 0 spiro atoms. The van der Waals surface area contributed by atoms with Gasteiger partial charge >= 0.3 is 0 Å². The molecule has 0 unspecified atom stereocenters. The molecule has 6 nitrogen and oxygen atoms in total. The molecular weight excluding hydrogens is 194 g/mol. The highest BCUT2D eigenvalue weighted by Gasteiger charge is 2.04. The molecule has 0 amide bonds. The van der Waals surface area contributed by atoms with Crippen molar-refractivity contribution in [3.05, 3.63) is 30.1 Å². The lowest BCUT2D eigenvalue weighted by Crippen LogP contribution is -2.07. The van der Waals surface area contributed by atoms with E-state index in [9.17, 15) is 0 Å². The summed E-state index contributed by atoms with van der Waals surface area (Å²) < 4.78 is 3.68. The van der Waals surface area contributed by atoms with Crippen molar-refractivity contribution in [1.82, 2.24) is 24.5 Å². The zero-order valence-electron chi connectivity index (χ0n) is 8.54. The van der Waals surface area contributed by atoms with Gasteiger partial charge in [0.2, 0.25) is 0 Å². The first-order chi connectivity index (χ1) is 7.31. The van der Waals surface area contributed by atoms with E-state index in [2.05, 4.69) is 15.3 Å². The van der Waals surface area contributed by atoms with Crippen LogP contribution in [0.1, 0.15) is 11.5 Å². The van der Waals surface area contributed by atoms with Crippen molar-refractivity contribution >= 4 is 0 Å². The third-order valence-corrected chi connectivity index (χ3v) is 2.37. The van der Waals surface area contributed by atoms with E-state index in [4.69, 9.17) is 5.11 Å². The minimum atomic E-state index is -0.0780. The van der Waals surface area contributed by atoms with E-state index in [0.29, 0.717) is 5.82 Å². The molecule has 0 saturated heterocycles. The van der Waals surface area contributed by atoms with Gasteiger partial charge in [-0.2, -0.15) is 5.10 Å². The van der Waals surface area contributed by atoms with E-state index >= 15 is 0 Å². The molecule has 2 rings (SSSR count). The van der Waals surface area contributed by atoms with Crippen LogP contribution in [-0.4, -0.2) is 29.7 Å². The van der Waals surface area contributed by atoms with E-state index in [0.717, 1.165) is 18.7 Å². The number of aliphatic hydroxyl groups is 1. The maximum atomic E-state index is 8.98. The number of hydrogen-bond acceptors (Lipinski definition) is 4. The Labute approximate surface area is 87.2 Å². The second kappa shape index (κ2) is 4.22. The molecule has 0 radical (unpaired) electrons. The highest BCUT2D eigenvalue weighted by molar-refractivity contribution is 5.00. The van der Waals surface area contributed by atoms with Gasteiger partial charge in [-0.25, -0.2) is 0 Å². The maximum Gasteiger partial charge on any atom is 0.158 e. The van der Waals surface area contributed by atoms with Crippen molar-refractivity contribution in [2.45, 2.75) is 19.6 Å². The average Bonchev–Trinajstić information content (AvgIpc) is 2.83. The summed E-state index contributed by atoms with van der Waals surface area (Å²) in [5, 5.41) is 20.6. The summed E-state index contributed by atoms with van der Waals surface area (Å²) in [6.45, 7) is 0.674. The van der Waals surface area contributed by atoms with Crippen molar-refractivity contribution in [2.75, 3.05) is 0 Å². The summed E-state index contributed by atoms with van der Waals surface area (Å²) in [5.41, 5.74) is 1.15. The first kappa shape index (κ1) is 9.85. The Morgan fingerprint density at radius 2 is 2.33 bits per heavy atom. The van der Waals surface area contributed by atoms with Gasteiger partial charge in [0.05, 0.1) is 0 Å². The van der Waals surface area contributed by atoms with Gasteiger partial charge in [-0.1, -0.05) is 0 Å². The fourth-order valence-corrected chi connectivity index (χ4v) is 1.47. The molecule has 2 aromatic rings. The topological polar surface area (TPSA) is 68.8 Å². The first-order valence-corrected chi connectivity index (χ1v) is 4.75. The van der Waals surface area contributed by atoms with Gasteiger partial charge in [0.25, 0.3) is 0 Å². The van der Waals surface area contributed by atoms with Gasteiger partial charge in [-0.15, -0.1) is 10.2 Å². The van der Waals surface area contributed by atoms with Gasteiger partial charge in [0.1, 0.15) is 12.9 Å². The zero-order valence-corrected chi connectivity index (χ0v) is 8.54. The minimum absolute atomic E-state index is 0.0780. The quantitative estimate of drug-likeness (QED) is 0.750. The molecule has 0 aromatic carbocycles. The van der Waals surface area contributed by atoms with Crippen LogP contribution in [-0.2, 0) is 26.6 Å². The van der Waals surface area contributed by atoms with Crippen molar-refractivity contribution in [2.24, 2.45) is 7.05 Å². The summed E-state index contributed by atoms with van der Waals surface area (Å²) in [6, 6.07) is 1.98. The molecule has 0 aliphatic heterocycles. The molecule has 0 bridgehead atoms. The molecule has 0 atom stereocenters. The van der Waals surface area contributed by atoms with Crippen molar-refractivity contribution in [1.29, 1.82) is 0 Å². The van der Waals surface area contributed by atoms with Crippen molar-refractivity contribution in [3.8, 4) is 0 Å². The van der Waals surface area contributed by atoms with E-state index in [1.54, 1.807) is 12.5 Å². The normalized spacial score (nSPS) is 10.8. The van der Waals surface area contributed by atoms with E-state index < -0.39 is 0 Å². The highest BCUT2D eigenvalue weighted by atomic mass is 16.3. The van der Waals surface area contributed by atoms with Crippen LogP contribution in [0.15, 0.2) is 18.6 Å². The molecule has 0 fully saturated rings. The summed E-state index contributed by atoms with van der Waals surface area (Å²) >= 11 is 0. The second-order valence-corrected chi connectivity index (χ2v) is 3.29. The van der Waals surface area contributed by atoms with Crippen LogP contribution in [0.5, 0.6) is 0 Å². The number of nitrogens with zero attached hydrogens (tertiary/aromatic N) is 5. The van der Waals surface area contributed by atoms with Gasteiger partial charge in [0.15, 0.2) is 5.82 Å². The molecule has 0 saturated carbocycles. The summed E-state index contributed by atoms with van der Waals surface area (Å²) in [4.78, 5) is 0. The molecular formula is C9H13N5O. The summed E-state index contributed by atoms with van der Waals surface area (Å²) in [7, 11) is 1.91. The van der Waals surface area contributed by atoms with E-state index in [1.165, 1.54) is 0 Å². The monoisotopic (exact) mass is 207 g/mol. The fraction of sp³-hybridized carbons (Fsp3) is 0.444. The largest absolute Gasteiger partial charge is 0.388 e. The van der Waals surface area contributed by atoms with Crippen LogP contribution >= 0.6 is 0 Å². The van der Waals surface area contributed by atoms with Crippen molar-refractivity contribution in [3.63, 3.8) is 0 Å². The molecule has 6 heteroatoms. The van der Waals surface area contributed by atoms with Crippen LogP contribution in [0.4, 0.5) is 0 Å². The van der Waals surface area contributed by atoms with Crippen LogP contribution in [0.3, 0.4) is 0 Å². The Morgan fingerprint density at radius 1 is 1.47 bits per heavy atom. The van der Waals surface area contributed by atoms with E-state index in [-0.39, 0.29) is 6.61 Å². The number of aryl methyl sites for hydroxylation is 3. The van der Waals surface area contributed by atoms with Gasteiger partial charge < -0.3 is 9.67 Å². The van der Waals surface area contributed by atoms with Gasteiger partial charge in [-0.3, -0.25) is 4.68 Å². The third kappa shape index (κ3) is 2.04. The Balaban J connectivity index is 2.02. The summed E-state index contributed by atoms with van der Waals surface area (Å²) in [5.74, 6) is 0.595. The average molecular weight is 207 g/mol. The van der Waals surface area contributed by atoms with Crippen LogP contribution in [0.25, 0.3) is 0 Å². The SMILES string of the molecule is Cn1nccc1CCn1cnnc1CO. The highest BCUT2D eigenvalue weighted by Crippen LogP contribution is 2.02. The van der Waals surface area contributed by atoms with Gasteiger partial charge in [0, 0.05) is 31.9 Å². The zero-order chi connectivity index (χ0) is 10.7. The number of hydrogen-bond donors (Lipinski definition) is 1. The van der Waals surface area contributed by atoms with Crippen LogP contribution in [0, 0.1) is 0 Å². The Kier molecular flexibility index (Phi) is 2.77. The van der Waals surface area contributed by atoms with Crippen molar-refractivity contribution < 1.29 is 5.11 Å². The van der Waals surface area contributed by atoms with Gasteiger partial charge in [-0.05, 0) is 6.07 Å². The maximum absolute atomic E-state index is 8.98. The lowest BCUT2D eigenvalue weighted by molar-refractivity contribution is 0.264. The predicted octanol–water partition coefficient (Wildman–Crippen LogP) is -0.253. The minimum Gasteiger partial charge on any atom is -0.388 e. The fourth-order valence-electron chi connectivity index (χ4n) is 1.47. The molecule has 2 aromatic heterocycles. The summed E-state index contributed by atoms with van der Waals surface area (Å²) in [6.07, 6.45) is 4.25. The Bertz CT molecular complexity index is 433. The third-order valence-electron chi connectivity index (χ3n) is 2.37. The number of aromatic nitrogens is 5. The first-order valence-electron chi connectivity index (χ1n) is 4.75. The lowest BCUT2D eigenvalue weighted by Gasteiger charge is -2.04. The molecule has 1 N–H and O–H groups in total. The Morgan fingerprint density at radius 3 is 3.00 bits per heavy atom. The molecule has 80 valence electrons. The number of aliphatic hydroxyl groups excluding tert-OH is 1. The van der Waals surface area contributed by atoms with E-state index in [1.807, 2.05) is 22.4 Å². The standard InChI is InChI=1S/C9H13N5O/c1-13-8(2-4-11-13)3-5-14-7-10-12-9(14)6-15/h2,4,7,15H,3,5-6H2,1H3. The molecule has 2 heterocycles. The second-order valence-electron chi connectivity index (χ2n) is 3.29. The lowest BCUT2D eigenvalue weighted by atomic mass is 10.3. The Hall–Kier alpha value is -1.69. The van der Waals surface area contributed by atoms with Crippen LogP contribution < -0.4 is 0 Å². The number of rotatable bonds is 4. The molecule has 0 aliphatic carbocycles. The predicted molar refractivity (Wildman–Crippen MR) is 52.9 cm³/mol. The smallest absolute Gasteiger partial charge is 0.158 e. The van der Waals surface area contributed by atoms with Crippen LogP contribution in [0.2, 0.25) is 0 Å². The molecule has 0 aliphatic rings.